The zero-order valence-electron chi connectivity index (χ0n) is 28.1. The average Bonchev–Trinajstić information content (AvgIpc) is 3.72. The number of hydrogen-bond donors (Lipinski definition) is 0. The summed E-state index contributed by atoms with van der Waals surface area (Å²) < 4.78 is 59.9. The lowest BCUT2D eigenvalue weighted by molar-refractivity contribution is -0.133. The van der Waals surface area contributed by atoms with E-state index in [9.17, 15) is 18.0 Å². The molecule has 0 fully saturated rings. The van der Waals surface area contributed by atoms with E-state index in [1.165, 1.54) is 6.07 Å². The van der Waals surface area contributed by atoms with Gasteiger partial charge in [0.25, 0.3) is 5.89 Å². The summed E-state index contributed by atoms with van der Waals surface area (Å²) in [5.41, 5.74) is 2.50. The van der Waals surface area contributed by atoms with Gasteiger partial charge in [0.15, 0.2) is 8.32 Å². The minimum absolute atomic E-state index is 0.0167. The van der Waals surface area contributed by atoms with Gasteiger partial charge in [-0.25, -0.2) is 4.79 Å². The molecule has 0 N–H and O–H groups in total. The van der Waals surface area contributed by atoms with Crippen molar-refractivity contribution >= 4 is 25.7 Å². The molecule has 1 amide bonds. The molecule has 7 nitrogen and oxygen atoms in total. The maximum atomic E-state index is 14.0. The number of ether oxygens (including phenoxy) is 1. The van der Waals surface area contributed by atoms with Crippen LogP contribution in [0.5, 0.6) is 0 Å². The summed E-state index contributed by atoms with van der Waals surface area (Å²) in [6.07, 6.45) is -3.63. The highest BCUT2D eigenvalue weighted by molar-refractivity contribution is 7.16. The lowest BCUT2D eigenvalue weighted by Crippen LogP contribution is -2.45. The molecule has 1 unspecified atom stereocenters. The van der Waals surface area contributed by atoms with Gasteiger partial charge in [-0.15, -0.1) is 11.3 Å². The van der Waals surface area contributed by atoms with E-state index in [-0.39, 0.29) is 33.2 Å². The van der Waals surface area contributed by atoms with Crippen molar-refractivity contribution in [1.29, 1.82) is 0 Å². The van der Waals surface area contributed by atoms with Crippen molar-refractivity contribution in [3.05, 3.63) is 70.6 Å². The maximum Gasteiger partial charge on any atom is 0.426 e. The van der Waals surface area contributed by atoms with E-state index >= 15 is 0 Å². The second-order valence-corrected chi connectivity index (χ2v) is 20.2. The highest BCUT2D eigenvalue weighted by atomic mass is 32.1. The zero-order valence-corrected chi connectivity index (χ0v) is 29.9. The number of halogens is 3. The number of fused-ring (bicyclic) bond motifs is 1. The molecular formula is C35H42F3N3O4SSi. The lowest BCUT2D eigenvalue weighted by Gasteiger charge is -2.38. The van der Waals surface area contributed by atoms with Gasteiger partial charge in [0.05, 0.1) is 17.5 Å². The Kier molecular flexibility index (Phi) is 9.53. The Morgan fingerprint density at radius 3 is 2.36 bits per heavy atom. The number of rotatable bonds is 8. The quantitative estimate of drug-likeness (QED) is 0.172. The van der Waals surface area contributed by atoms with E-state index < -0.39 is 31.1 Å². The second kappa shape index (κ2) is 12.9. The molecule has 0 bridgehead atoms. The van der Waals surface area contributed by atoms with E-state index in [0.29, 0.717) is 42.9 Å². The molecule has 5 rings (SSSR count). The van der Waals surface area contributed by atoms with Crippen molar-refractivity contribution in [3.63, 3.8) is 0 Å². The maximum absolute atomic E-state index is 14.0. The van der Waals surface area contributed by atoms with Crippen molar-refractivity contribution in [2.45, 2.75) is 90.3 Å². The molecule has 0 spiro atoms. The Morgan fingerprint density at radius 2 is 1.72 bits per heavy atom. The molecule has 4 aromatic rings. The SMILES string of the molecule is CC(C)(C)OC(=O)N(CCO[Si](C)(C)C(C)(C)C)C1CCc2c(-c3noc(-c4cc(-c5ccccc5)c(C(F)(F)F)s4)n3)cccc21. The predicted molar refractivity (Wildman–Crippen MR) is 181 cm³/mol. The van der Waals surface area contributed by atoms with Crippen LogP contribution in [-0.4, -0.2) is 48.2 Å². The van der Waals surface area contributed by atoms with E-state index in [0.717, 1.165) is 16.7 Å². The van der Waals surface area contributed by atoms with Crippen molar-refractivity contribution in [3.8, 4) is 33.3 Å². The van der Waals surface area contributed by atoms with Crippen LogP contribution in [-0.2, 0) is 21.8 Å². The Bertz CT molecular complexity index is 1720. The topological polar surface area (TPSA) is 77.7 Å². The predicted octanol–water partition coefficient (Wildman–Crippen LogP) is 10.4. The number of amides is 1. The van der Waals surface area contributed by atoms with E-state index in [1.807, 2.05) is 39.0 Å². The molecule has 252 valence electrons. The van der Waals surface area contributed by atoms with Gasteiger partial charge >= 0.3 is 12.3 Å². The molecule has 0 radical (unpaired) electrons. The van der Waals surface area contributed by atoms with Gasteiger partial charge in [0.2, 0.25) is 5.82 Å². The third-order valence-corrected chi connectivity index (χ3v) is 14.5. The monoisotopic (exact) mass is 685 g/mol. The van der Waals surface area contributed by atoms with Crippen molar-refractivity contribution in [1.82, 2.24) is 15.0 Å². The first-order valence-electron chi connectivity index (χ1n) is 15.7. The summed E-state index contributed by atoms with van der Waals surface area (Å²) in [6.45, 7) is 17.2. The molecule has 2 aromatic heterocycles. The number of carbonyl (C=O) groups excluding carboxylic acids is 1. The first-order valence-corrected chi connectivity index (χ1v) is 19.4. The third kappa shape index (κ3) is 7.65. The van der Waals surface area contributed by atoms with Gasteiger partial charge in [0, 0.05) is 17.7 Å². The van der Waals surface area contributed by atoms with Crippen LogP contribution in [0.3, 0.4) is 0 Å². The average molecular weight is 686 g/mol. The number of nitrogens with zero attached hydrogens (tertiary/aromatic N) is 3. The number of aromatic nitrogens is 2. The van der Waals surface area contributed by atoms with Gasteiger partial charge in [-0.2, -0.15) is 18.2 Å². The van der Waals surface area contributed by atoms with Crippen LogP contribution in [0.1, 0.15) is 70.0 Å². The minimum atomic E-state index is -4.54. The molecule has 0 saturated carbocycles. The van der Waals surface area contributed by atoms with Gasteiger partial charge < -0.3 is 13.7 Å². The van der Waals surface area contributed by atoms with Crippen LogP contribution in [0.4, 0.5) is 18.0 Å². The molecular weight excluding hydrogens is 644 g/mol. The van der Waals surface area contributed by atoms with Crippen LogP contribution in [0.2, 0.25) is 18.1 Å². The molecule has 1 aliphatic rings. The fraction of sp³-hybridized carbons (Fsp3) is 0.457. The fourth-order valence-electron chi connectivity index (χ4n) is 5.45. The van der Waals surface area contributed by atoms with E-state index in [1.54, 1.807) is 35.2 Å². The normalized spacial score (nSPS) is 15.5. The standard InChI is InChI=1S/C35H42F3N3O4SSi/c1-33(2,3)44-32(42)41(19-20-43-47(7,8)34(4,5)6)27-18-17-23-24(27)15-12-16-25(23)30-39-31(45-40-30)28-21-26(22-13-10-9-11-14-22)29(46-28)35(36,37)38/h9-16,21,27H,17-20H2,1-8H3. The van der Waals surface area contributed by atoms with E-state index in [4.69, 9.17) is 13.7 Å². The molecule has 47 heavy (non-hydrogen) atoms. The summed E-state index contributed by atoms with van der Waals surface area (Å²) in [7, 11) is -2.04. The van der Waals surface area contributed by atoms with Crippen molar-refractivity contribution < 1.29 is 31.7 Å². The van der Waals surface area contributed by atoms with Gasteiger partial charge in [-0.05, 0) is 74.5 Å². The summed E-state index contributed by atoms with van der Waals surface area (Å²) in [6, 6.07) is 15.4. The summed E-state index contributed by atoms with van der Waals surface area (Å²) in [5, 5.41) is 4.22. The number of carbonyl (C=O) groups is 1. The number of alkyl halides is 3. The number of benzene rings is 2. The highest BCUT2D eigenvalue weighted by Crippen LogP contribution is 2.46. The first kappa shape index (κ1) is 34.8. The Labute approximate surface area is 279 Å². The molecule has 0 saturated heterocycles. The Balaban J connectivity index is 1.44. The van der Waals surface area contributed by atoms with Crippen molar-refractivity contribution in [2.24, 2.45) is 0 Å². The van der Waals surface area contributed by atoms with Crippen LogP contribution in [0, 0.1) is 0 Å². The Hall–Kier alpha value is -3.48. The van der Waals surface area contributed by atoms with E-state index in [2.05, 4.69) is 44.0 Å². The summed E-state index contributed by atoms with van der Waals surface area (Å²) in [4.78, 5) is 19.4. The largest absolute Gasteiger partial charge is 0.444 e. The number of thiophene rings is 1. The van der Waals surface area contributed by atoms with Gasteiger partial charge in [0.1, 0.15) is 10.5 Å². The molecule has 12 heteroatoms. The Morgan fingerprint density at radius 1 is 1.02 bits per heavy atom. The summed E-state index contributed by atoms with van der Waals surface area (Å²) >= 11 is 0.582. The molecule has 0 aliphatic heterocycles. The third-order valence-electron chi connectivity index (χ3n) is 8.80. The number of hydrogen-bond acceptors (Lipinski definition) is 7. The first-order chi connectivity index (χ1) is 21.9. The van der Waals surface area contributed by atoms with Crippen LogP contribution >= 0.6 is 11.3 Å². The van der Waals surface area contributed by atoms with Gasteiger partial charge in [-0.3, -0.25) is 4.90 Å². The smallest absolute Gasteiger partial charge is 0.426 e. The van der Waals surface area contributed by atoms with Crippen LogP contribution < -0.4 is 0 Å². The van der Waals surface area contributed by atoms with Crippen molar-refractivity contribution in [2.75, 3.05) is 13.2 Å². The lowest BCUT2D eigenvalue weighted by atomic mass is 10.0. The molecule has 1 aliphatic carbocycles. The highest BCUT2D eigenvalue weighted by Gasteiger charge is 2.40. The summed E-state index contributed by atoms with van der Waals surface area (Å²) in [5.74, 6) is 0.300. The molecule has 2 aromatic carbocycles. The van der Waals surface area contributed by atoms with Crippen LogP contribution in [0.25, 0.3) is 33.3 Å². The molecule has 2 heterocycles. The fourth-order valence-corrected chi connectivity index (χ4v) is 7.45. The van der Waals surface area contributed by atoms with Gasteiger partial charge in [-0.1, -0.05) is 74.5 Å². The zero-order chi connectivity index (χ0) is 34.4. The molecule has 1 atom stereocenters. The minimum Gasteiger partial charge on any atom is -0.444 e. The van der Waals surface area contributed by atoms with Crippen LogP contribution in [0.15, 0.2) is 59.1 Å². The second-order valence-electron chi connectivity index (χ2n) is 14.4.